The molecule has 4 nitrogen and oxygen atoms in total. The van der Waals surface area contributed by atoms with Crippen molar-refractivity contribution < 1.29 is 9.53 Å². The average Bonchev–Trinajstić information content (AvgIpc) is 2.52. The lowest BCUT2D eigenvalue weighted by molar-refractivity contribution is -0.145. The predicted octanol–water partition coefficient (Wildman–Crippen LogP) is 2.83. The van der Waals surface area contributed by atoms with E-state index in [1.54, 1.807) is 24.9 Å². The molecule has 5 heteroatoms. The molecule has 0 unspecified atom stereocenters. The van der Waals surface area contributed by atoms with Crippen molar-refractivity contribution in [3.8, 4) is 6.07 Å². The van der Waals surface area contributed by atoms with Crippen LogP contribution in [0.25, 0.3) is 5.57 Å². The molecule has 0 saturated heterocycles. The van der Waals surface area contributed by atoms with Crippen LogP contribution >= 0.6 is 11.8 Å². The molecule has 1 rings (SSSR count). The van der Waals surface area contributed by atoms with Gasteiger partial charge in [-0.1, -0.05) is 30.3 Å². The Kier molecular flexibility index (Phi) is 8.07. The summed E-state index contributed by atoms with van der Waals surface area (Å²) in [5.74, 6) is 0.561. The van der Waals surface area contributed by atoms with Crippen LogP contribution in [-0.2, 0) is 9.53 Å². The van der Waals surface area contributed by atoms with Gasteiger partial charge in [0.25, 0.3) is 0 Å². The molecule has 0 amide bonds. The summed E-state index contributed by atoms with van der Waals surface area (Å²) < 4.78 is 5.05. The molecule has 0 radical (unpaired) electrons. The van der Waals surface area contributed by atoms with E-state index in [-0.39, 0.29) is 5.97 Å². The first-order valence-corrected chi connectivity index (χ1v) is 8.19. The van der Waals surface area contributed by atoms with Crippen molar-refractivity contribution >= 4 is 23.3 Å². The molecule has 112 valence electrons. The van der Waals surface area contributed by atoms with Gasteiger partial charge in [0.05, 0.1) is 12.2 Å². The molecule has 0 fully saturated rings. The fraction of sp³-hybridized carbons (Fsp3) is 0.375. The van der Waals surface area contributed by atoms with Gasteiger partial charge in [0, 0.05) is 6.20 Å². The van der Waals surface area contributed by atoms with E-state index in [1.165, 1.54) is 0 Å². The number of carbonyl (C=O) groups is 1. The van der Waals surface area contributed by atoms with Gasteiger partial charge in [-0.05, 0) is 30.9 Å². The molecule has 1 atom stereocenters. The molecule has 0 aliphatic heterocycles. The Hall–Kier alpha value is -1.93. The van der Waals surface area contributed by atoms with E-state index in [0.717, 1.165) is 11.3 Å². The van der Waals surface area contributed by atoms with Crippen LogP contribution in [0, 0.1) is 11.3 Å². The van der Waals surface area contributed by atoms with E-state index < -0.39 is 6.04 Å². The number of ether oxygens (including phenoxy) is 1. The molecule has 0 heterocycles. The quantitative estimate of drug-likeness (QED) is 0.591. The number of hydrogen-bond donors (Lipinski definition) is 1. The van der Waals surface area contributed by atoms with E-state index in [9.17, 15) is 10.1 Å². The lowest BCUT2D eigenvalue weighted by Gasteiger charge is -2.15. The number of rotatable bonds is 8. The van der Waals surface area contributed by atoms with Crippen molar-refractivity contribution in [2.75, 3.05) is 18.6 Å². The van der Waals surface area contributed by atoms with Gasteiger partial charge in [-0.2, -0.15) is 17.0 Å². The summed E-state index contributed by atoms with van der Waals surface area (Å²) in [5, 5.41) is 12.2. The van der Waals surface area contributed by atoms with Gasteiger partial charge in [0.2, 0.25) is 0 Å². The second-order valence-electron chi connectivity index (χ2n) is 4.29. The van der Waals surface area contributed by atoms with Crippen molar-refractivity contribution in [1.29, 1.82) is 5.26 Å². The minimum Gasteiger partial charge on any atom is -0.464 e. The van der Waals surface area contributed by atoms with E-state index in [2.05, 4.69) is 11.4 Å². The maximum atomic E-state index is 11.9. The SMILES string of the molecule is CCOC(=O)[C@H](CCSC)N/C=C(\C#N)c1ccccc1. The van der Waals surface area contributed by atoms with Crippen LogP contribution in [-0.4, -0.2) is 30.6 Å². The van der Waals surface area contributed by atoms with Crippen molar-refractivity contribution in [3.63, 3.8) is 0 Å². The largest absolute Gasteiger partial charge is 0.464 e. The Bertz CT molecular complexity index is 509. The normalized spacial score (nSPS) is 12.3. The first kappa shape index (κ1) is 17.1. The summed E-state index contributed by atoms with van der Waals surface area (Å²) in [6.07, 6.45) is 4.24. The number of allylic oxidation sites excluding steroid dienone is 1. The van der Waals surface area contributed by atoms with E-state index in [4.69, 9.17) is 4.74 Å². The number of benzene rings is 1. The summed E-state index contributed by atoms with van der Waals surface area (Å²) in [6, 6.07) is 11.1. The fourth-order valence-corrected chi connectivity index (χ4v) is 2.20. The minimum atomic E-state index is -0.426. The Labute approximate surface area is 130 Å². The maximum absolute atomic E-state index is 11.9. The van der Waals surface area contributed by atoms with Crippen molar-refractivity contribution in [1.82, 2.24) is 5.32 Å². The van der Waals surface area contributed by atoms with Gasteiger partial charge >= 0.3 is 5.97 Å². The number of carbonyl (C=O) groups excluding carboxylic acids is 1. The van der Waals surface area contributed by atoms with Gasteiger partial charge in [0.1, 0.15) is 12.1 Å². The van der Waals surface area contributed by atoms with Crippen LogP contribution in [0.15, 0.2) is 36.5 Å². The number of nitrogens with zero attached hydrogens (tertiary/aromatic N) is 1. The van der Waals surface area contributed by atoms with Crippen LogP contribution in [0.2, 0.25) is 0 Å². The molecule has 1 aromatic carbocycles. The highest BCUT2D eigenvalue weighted by Crippen LogP contribution is 2.12. The minimum absolute atomic E-state index is 0.284. The summed E-state index contributed by atoms with van der Waals surface area (Å²) in [4.78, 5) is 11.9. The predicted molar refractivity (Wildman–Crippen MR) is 86.6 cm³/mol. The molecule has 0 aliphatic rings. The second-order valence-corrected chi connectivity index (χ2v) is 5.27. The highest BCUT2D eigenvalue weighted by Gasteiger charge is 2.17. The Morgan fingerprint density at radius 2 is 2.19 bits per heavy atom. The van der Waals surface area contributed by atoms with Crippen LogP contribution in [0.4, 0.5) is 0 Å². The number of nitriles is 1. The average molecular weight is 304 g/mol. The zero-order chi connectivity index (χ0) is 15.5. The fourth-order valence-electron chi connectivity index (χ4n) is 1.73. The molecule has 0 bridgehead atoms. The van der Waals surface area contributed by atoms with Crippen LogP contribution in [0.1, 0.15) is 18.9 Å². The second kappa shape index (κ2) is 9.89. The molecule has 1 N–H and O–H groups in total. The van der Waals surface area contributed by atoms with Gasteiger partial charge in [-0.3, -0.25) is 0 Å². The lowest BCUT2D eigenvalue weighted by Crippen LogP contribution is -2.35. The van der Waals surface area contributed by atoms with Crippen molar-refractivity contribution in [2.45, 2.75) is 19.4 Å². The Morgan fingerprint density at radius 3 is 2.76 bits per heavy atom. The van der Waals surface area contributed by atoms with Crippen molar-refractivity contribution in [2.24, 2.45) is 0 Å². The number of esters is 1. The van der Waals surface area contributed by atoms with Gasteiger partial charge in [-0.25, -0.2) is 4.79 Å². The van der Waals surface area contributed by atoms with E-state index in [0.29, 0.717) is 18.6 Å². The van der Waals surface area contributed by atoms with Gasteiger partial charge < -0.3 is 10.1 Å². The molecule has 0 aromatic heterocycles. The molecule has 1 aromatic rings. The van der Waals surface area contributed by atoms with Gasteiger partial charge in [0.15, 0.2) is 0 Å². The third-order valence-corrected chi connectivity index (χ3v) is 3.46. The summed E-state index contributed by atoms with van der Waals surface area (Å²) in [6.45, 7) is 2.13. The molecular formula is C16H20N2O2S. The monoisotopic (exact) mass is 304 g/mol. The summed E-state index contributed by atoms with van der Waals surface area (Å²) >= 11 is 1.67. The number of nitrogens with one attached hydrogen (secondary N) is 1. The zero-order valence-corrected chi connectivity index (χ0v) is 13.2. The molecule has 0 aliphatic carbocycles. The first-order valence-electron chi connectivity index (χ1n) is 6.80. The highest BCUT2D eigenvalue weighted by molar-refractivity contribution is 7.98. The standard InChI is InChI=1S/C16H20N2O2S/c1-3-20-16(19)15(9-10-21-2)18-12-14(11-17)13-7-5-4-6-8-13/h4-8,12,15,18H,3,9-10H2,1-2H3/b14-12+/t15-/m0/s1. The number of thioether (sulfide) groups is 1. The van der Waals surface area contributed by atoms with E-state index >= 15 is 0 Å². The van der Waals surface area contributed by atoms with Crippen LogP contribution in [0.3, 0.4) is 0 Å². The molecule has 0 spiro atoms. The highest BCUT2D eigenvalue weighted by atomic mass is 32.2. The summed E-state index contributed by atoms with van der Waals surface area (Å²) in [7, 11) is 0. The molecule has 21 heavy (non-hydrogen) atoms. The van der Waals surface area contributed by atoms with Crippen molar-refractivity contribution in [3.05, 3.63) is 42.1 Å². The third-order valence-electron chi connectivity index (χ3n) is 2.82. The van der Waals surface area contributed by atoms with Crippen LogP contribution < -0.4 is 5.32 Å². The first-order chi connectivity index (χ1) is 10.2. The molecule has 0 saturated carbocycles. The Morgan fingerprint density at radius 1 is 1.48 bits per heavy atom. The molecular weight excluding hydrogens is 284 g/mol. The van der Waals surface area contributed by atoms with E-state index in [1.807, 2.05) is 36.6 Å². The van der Waals surface area contributed by atoms with Crippen LogP contribution in [0.5, 0.6) is 0 Å². The maximum Gasteiger partial charge on any atom is 0.328 e. The smallest absolute Gasteiger partial charge is 0.328 e. The third kappa shape index (κ3) is 5.92. The summed E-state index contributed by atoms with van der Waals surface area (Å²) in [5.41, 5.74) is 1.31. The Balaban J connectivity index is 2.79. The lowest BCUT2D eigenvalue weighted by atomic mass is 10.1. The zero-order valence-electron chi connectivity index (χ0n) is 12.3. The topological polar surface area (TPSA) is 62.1 Å². The van der Waals surface area contributed by atoms with Gasteiger partial charge in [-0.15, -0.1) is 0 Å². The number of hydrogen-bond acceptors (Lipinski definition) is 5.